The van der Waals surface area contributed by atoms with Crippen molar-refractivity contribution < 1.29 is 22.7 Å². The zero-order valence-corrected chi connectivity index (χ0v) is 11.8. The summed E-state index contributed by atoms with van der Waals surface area (Å²) in [6.07, 6.45) is 0.256. The molecule has 2 amide bonds. The van der Waals surface area contributed by atoms with Crippen LogP contribution in [0.5, 0.6) is 0 Å². The number of carbonyl (C=O) groups is 1. The van der Waals surface area contributed by atoms with E-state index in [4.69, 9.17) is 4.74 Å². The molecular weight excluding hydrogens is 285 g/mol. The van der Waals surface area contributed by atoms with Crippen molar-refractivity contribution in [3.05, 3.63) is 0 Å². The number of amides is 2. The standard InChI is InChI=1S/C14H21F3N2O2/c15-14(16,17)8-2-1-3-9(6-8)18-13(20)19-11-7-10-4-5-12(11)21-10/h8-12H,1-7H2,(H2,18,19,20). The normalized spacial score (nSPS) is 39.3. The van der Waals surface area contributed by atoms with Gasteiger partial charge in [0.25, 0.3) is 0 Å². The van der Waals surface area contributed by atoms with Gasteiger partial charge < -0.3 is 15.4 Å². The van der Waals surface area contributed by atoms with Gasteiger partial charge in [0, 0.05) is 6.04 Å². The molecule has 120 valence electrons. The maximum Gasteiger partial charge on any atom is 0.391 e. The molecule has 2 aliphatic heterocycles. The lowest BCUT2D eigenvalue weighted by Gasteiger charge is -2.31. The number of hydrogen-bond donors (Lipinski definition) is 2. The van der Waals surface area contributed by atoms with Crippen LogP contribution in [0.1, 0.15) is 44.9 Å². The highest BCUT2D eigenvalue weighted by Gasteiger charge is 2.43. The van der Waals surface area contributed by atoms with E-state index in [-0.39, 0.29) is 43.2 Å². The number of hydrogen-bond acceptors (Lipinski definition) is 2. The van der Waals surface area contributed by atoms with Crippen LogP contribution in [0.15, 0.2) is 0 Å². The van der Waals surface area contributed by atoms with E-state index < -0.39 is 12.1 Å². The van der Waals surface area contributed by atoms with E-state index in [0.717, 1.165) is 19.3 Å². The maximum atomic E-state index is 12.7. The molecule has 7 heteroatoms. The summed E-state index contributed by atoms with van der Waals surface area (Å²) < 4.78 is 43.9. The molecular formula is C14H21F3N2O2. The minimum Gasteiger partial charge on any atom is -0.373 e. The molecule has 2 N–H and O–H groups in total. The summed E-state index contributed by atoms with van der Waals surface area (Å²) in [5, 5.41) is 5.56. The van der Waals surface area contributed by atoms with Crippen molar-refractivity contribution >= 4 is 6.03 Å². The molecule has 5 atom stereocenters. The van der Waals surface area contributed by atoms with Crippen LogP contribution in [0.3, 0.4) is 0 Å². The number of fused-ring (bicyclic) bond motifs is 2. The molecule has 1 aliphatic carbocycles. The average Bonchev–Trinajstić information content (AvgIpc) is 3.00. The Labute approximate surface area is 121 Å². The number of ether oxygens (including phenoxy) is 1. The molecule has 2 saturated heterocycles. The van der Waals surface area contributed by atoms with Crippen LogP contribution in [-0.4, -0.2) is 36.5 Å². The van der Waals surface area contributed by atoms with Crippen molar-refractivity contribution in [2.24, 2.45) is 5.92 Å². The summed E-state index contributed by atoms with van der Waals surface area (Å²) in [5.74, 6) is -1.29. The van der Waals surface area contributed by atoms with Crippen LogP contribution in [0.2, 0.25) is 0 Å². The van der Waals surface area contributed by atoms with Crippen LogP contribution in [0, 0.1) is 5.92 Å². The Morgan fingerprint density at radius 3 is 2.48 bits per heavy atom. The third-order valence-corrected chi connectivity index (χ3v) is 4.89. The predicted octanol–water partition coefficient (Wildman–Crippen LogP) is 2.73. The number of halogens is 3. The van der Waals surface area contributed by atoms with Gasteiger partial charge in [-0.3, -0.25) is 0 Å². The van der Waals surface area contributed by atoms with E-state index >= 15 is 0 Å². The van der Waals surface area contributed by atoms with Crippen LogP contribution >= 0.6 is 0 Å². The second-order valence-corrected chi connectivity index (χ2v) is 6.44. The third-order valence-electron chi connectivity index (χ3n) is 4.89. The second-order valence-electron chi connectivity index (χ2n) is 6.44. The predicted molar refractivity (Wildman–Crippen MR) is 69.8 cm³/mol. The Morgan fingerprint density at radius 2 is 1.86 bits per heavy atom. The van der Waals surface area contributed by atoms with Gasteiger partial charge in [-0.2, -0.15) is 13.2 Å². The Morgan fingerprint density at radius 1 is 1.05 bits per heavy atom. The van der Waals surface area contributed by atoms with Crippen molar-refractivity contribution in [3.63, 3.8) is 0 Å². The van der Waals surface area contributed by atoms with Gasteiger partial charge in [0.15, 0.2) is 0 Å². The number of carbonyl (C=O) groups excluding carboxylic acids is 1. The average molecular weight is 306 g/mol. The van der Waals surface area contributed by atoms with E-state index in [0.29, 0.717) is 12.8 Å². The Kier molecular flexibility index (Phi) is 4.03. The summed E-state index contributed by atoms with van der Waals surface area (Å²) in [7, 11) is 0. The van der Waals surface area contributed by atoms with Gasteiger partial charge in [-0.1, -0.05) is 6.42 Å². The summed E-state index contributed by atoms with van der Waals surface area (Å²) >= 11 is 0. The minimum atomic E-state index is -4.16. The van der Waals surface area contributed by atoms with E-state index in [2.05, 4.69) is 10.6 Å². The Hall–Kier alpha value is -0.980. The quantitative estimate of drug-likeness (QED) is 0.824. The number of urea groups is 1. The minimum absolute atomic E-state index is 0.00533. The van der Waals surface area contributed by atoms with Gasteiger partial charge in [0.05, 0.1) is 24.2 Å². The van der Waals surface area contributed by atoms with Gasteiger partial charge in [-0.15, -0.1) is 0 Å². The van der Waals surface area contributed by atoms with E-state index in [1.165, 1.54) is 0 Å². The first-order chi connectivity index (χ1) is 9.91. The second kappa shape index (κ2) is 5.66. The van der Waals surface area contributed by atoms with Crippen molar-refractivity contribution in [1.29, 1.82) is 0 Å². The molecule has 0 spiro atoms. The highest BCUT2D eigenvalue weighted by Crippen LogP contribution is 2.37. The molecule has 5 unspecified atom stereocenters. The molecule has 0 aromatic rings. The molecule has 2 heterocycles. The van der Waals surface area contributed by atoms with E-state index in [1.807, 2.05) is 0 Å². The lowest BCUT2D eigenvalue weighted by molar-refractivity contribution is -0.183. The molecule has 1 saturated carbocycles. The Balaban J connectivity index is 1.46. The monoisotopic (exact) mass is 306 g/mol. The molecule has 3 aliphatic rings. The molecule has 0 radical (unpaired) electrons. The molecule has 3 fully saturated rings. The van der Waals surface area contributed by atoms with Gasteiger partial charge >= 0.3 is 12.2 Å². The molecule has 21 heavy (non-hydrogen) atoms. The number of nitrogens with one attached hydrogen (secondary N) is 2. The molecule has 3 rings (SSSR count). The topological polar surface area (TPSA) is 50.4 Å². The first-order valence-electron chi connectivity index (χ1n) is 7.71. The first kappa shape index (κ1) is 14.9. The van der Waals surface area contributed by atoms with Crippen molar-refractivity contribution in [2.45, 2.75) is 75.4 Å². The van der Waals surface area contributed by atoms with Crippen LogP contribution in [0.4, 0.5) is 18.0 Å². The van der Waals surface area contributed by atoms with Gasteiger partial charge in [-0.05, 0) is 38.5 Å². The van der Waals surface area contributed by atoms with Crippen LogP contribution in [0.25, 0.3) is 0 Å². The molecule has 0 aromatic heterocycles. The van der Waals surface area contributed by atoms with E-state index in [9.17, 15) is 18.0 Å². The summed E-state index contributed by atoms with van der Waals surface area (Å²) in [6.45, 7) is 0. The fraction of sp³-hybridized carbons (Fsp3) is 0.929. The highest BCUT2D eigenvalue weighted by molar-refractivity contribution is 5.74. The van der Waals surface area contributed by atoms with Crippen LogP contribution in [-0.2, 0) is 4.74 Å². The van der Waals surface area contributed by atoms with Crippen LogP contribution < -0.4 is 10.6 Å². The van der Waals surface area contributed by atoms with Crippen molar-refractivity contribution in [2.75, 3.05) is 0 Å². The summed E-state index contributed by atoms with van der Waals surface area (Å²) in [5.41, 5.74) is 0. The molecule has 0 aromatic carbocycles. The molecule has 2 bridgehead atoms. The maximum absolute atomic E-state index is 12.7. The largest absolute Gasteiger partial charge is 0.391 e. The van der Waals surface area contributed by atoms with Crippen molar-refractivity contribution in [3.8, 4) is 0 Å². The Bertz CT molecular complexity index is 402. The summed E-state index contributed by atoms with van der Waals surface area (Å²) in [4.78, 5) is 11.9. The molecule has 4 nitrogen and oxygen atoms in total. The smallest absolute Gasteiger partial charge is 0.373 e. The van der Waals surface area contributed by atoms with E-state index in [1.54, 1.807) is 0 Å². The zero-order chi connectivity index (χ0) is 15.0. The zero-order valence-electron chi connectivity index (χ0n) is 11.8. The third kappa shape index (κ3) is 3.44. The van der Waals surface area contributed by atoms with Gasteiger partial charge in [-0.25, -0.2) is 4.79 Å². The SMILES string of the molecule is O=C(NC1CCCC(C(F)(F)F)C1)NC1CC2CCC1O2. The summed E-state index contributed by atoms with van der Waals surface area (Å²) in [6, 6.07) is -0.736. The van der Waals surface area contributed by atoms with Gasteiger partial charge in [0.2, 0.25) is 0 Å². The lowest BCUT2D eigenvalue weighted by atomic mass is 9.85. The fourth-order valence-electron chi connectivity index (χ4n) is 3.80. The number of alkyl halides is 3. The highest BCUT2D eigenvalue weighted by atomic mass is 19.4. The van der Waals surface area contributed by atoms with Gasteiger partial charge in [0.1, 0.15) is 0 Å². The fourth-order valence-corrected chi connectivity index (χ4v) is 3.80. The number of rotatable bonds is 2. The first-order valence-corrected chi connectivity index (χ1v) is 7.71. The van der Waals surface area contributed by atoms with Crippen molar-refractivity contribution in [1.82, 2.24) is 10.6 Å². The lowest BCUT2D eigenvalue weighted by Crippen LogP contribution is -2.50.